The zero-order valence-corrected chi connectivity index (χ0v) is 13.4. The molecule has 0 bridgehead atoms. The Hall–Kier alpha value is -1.41. The highest BCUT2D eigenvalue weighted by Crippen LogP contribution is 2.32. The summed E-state index contributed by atoms with van der Waals surface area (Å²) in [5.41, 5.74) is 3.39. The van der Waals surface area contributed by atoms with Crippen molar-refractivity contribution < 1.29 is 5.11 Å². The quantitative estimate of drug-likeness (QED) is 0.877. The van der Waals surface area contributed by atoms with Crippen molar-refractivity contribution in [3.05, 3.63) is 41.1 Å². The van der Waals surface area contributed by atoms with Gasteiger partial charge in [-0.2, -0.15) is 0 Å². The maximum atomic E-state index is 10.5. The van der Waals surface area contributed by atoms with Crippen LogP contribution in [-0.4, -0.2) is 10.1 Å². The first-order valence-electron chi connectivity index (χ1n) is 7.37. The Morgan fingerprint density at radius 1 is 1.00 bits per heavy atom. The lowest BCUT2D eigenvalue weighted by Gasteiger charge is -2.22. The van der Waals surface area contributed by atoms with Crippen LogP contribution in [0, 0.1) is 0 Å². The first-order valence-corrected chi connectivity index (χ1v) is 7.37. The minimum Gasteiger partial charge on any atom is -0.386 e. The zero-order valence-electron chi connectivity index (χ0n) is 13.4. The number of rotatable bonds is 3. The summed E-state index contributed by atoms with van der Waals surface area (Å²) < 4.78 is 0. The van der Waals surface area contributed by atoms with Gasteiger partial charge in [-0.15, -0.1) is 0 Å². The van der Waals surface area contributed by atoms with Crippen LogP contribution >= 0.6 is 0 Å². The number of aliphatic hydroxyl groups is 1. The maximum Gasteiger partial charge on any atom is 0.0847 e. The molecule has 20 heavy (non-hydrogen) atoms. The minimum atomic E-state index is -0.861. The van der Waals surface area contributed by atoms with Gasteiger partial charge in [0.1, 0.15) is 0 Å². The Morgan fingerprint density at radius 3 is 2.15 bits per heavy atom. The molecule has 0 saturated heterocycles. The number of aromatic nitrogens is 1. The number of hydrogen-bond acceptors (Lipinski definition) is 2. The second-order valence-electron chi connectivity index (χ2n) is 6.74. The van der Waals surface area contributed by atoms with Crippen molar-refractivity contribution in [1.82, 2.24) is 4.98 Å². The molecule has 0 aliphatic rings. The Balaban J connectivity index is 2.78. The molecule has 2 nitrogen and oxygen atoms in total. The predicted molar refractivity (Wildman–Crippen MR) is 85.2 cm³/mol. The molecule has 0 fully saturated rings. The van der Waals surface area contributed by atoms with Gasteiger partial charge in [-0.1, -0.05) is 33.8 Å². The molecular formula is C18H25NO. The molecule has 2 rings (SSSR count). The van der Waals surface area contributed by atoms with E-state index in [4.69, 9.17) is 4.98 Å². The van der Waals surface area contributed by atoms with Crippen molar-refractivity contribution in [2.24, 2.45) is 0 Å². The third-order valence-corrected chi connectivity index (χ3v) is 3.77. The van der Waals surface area contributed by atoms with E-state index in [-0.39, 0.29) is 0 Å². The van der Waals surface area contributed by atoms with Gasteiger partial charge in [0.05, 0.1) is 11.1 Å². The zero-order chi connectivity index (χ0) is 15.1. The fraction of sp³-hybridized carbons (Fsp3) is 0.500. The van der Waals surface area contributed by atoms with Crippen LogP contribution in [0.4, 0.5) is 0 Å². The number of fused-ring (bicyclic) bond motifs is 1. The van der Waals surface area contributed by atoms with Gasteiger partial charge in [0.2, 0.25) is 0 Å². The third-order valence-electron chi connectivity index (χ3n) is 3.77. The number of benzene rings is 1. The van der Waals surface area contributed by atoms with Gasteiger partial charge in [-0.05, 0) is 55.0 Å². The highest BCUT2D eigenvalue weighted by atomic mass is 16.3. The summed E-state index contributed by atoms with van der Waals surface area (Å²) in [4.78, 5) is 4.74. The molecule has 0 atom stereocenters. The average molecular weight is 271 g/mol. The van der Waals surface area contributed by atoms with E-state index in [0.717, 1.165) is 22.2 Å². The van der Waals surface area contributed by atoms with E-state index in [0.29, 0.717) is 11.8 Å². The Labute approximate surface area is 121 Å². The monoisotopic (exact) mass is 271 g/mol. The molecule has 1 heterocycles. The molecular weight excluding hydrogens is 246 g/mol. The van der Waals surface area contributed by atoms with Crippen molar-refractivity contribution >= 4 is 10.9 Å². The van der Waals surface area contributed by atoms with Crippen molar-refractivity contribution in [1.29, 1.82) is 0 Å². The smallest absolute Gasteiger partial charge is 0.0847 e. The van der Waals surface area contributed by atoms with Crippen LogP contribution < -0.4 is 0 Å². The van der Waals surface area contributed by atoms with Gasteiger partial charge < -0.3 is 5.11 Å². The van der Waals surface area contributed by atoms with Gasteiger partial charge in [0.15, 0.2) is 0 Å². The summed E-state index contributed by atoms with van der Waals surface area (Å²) in [7, 11) is 0. The van der Waals surface area contributed by atoms with Crippen molar-refractivity contribution in [3.8, 4) is 0 Å². The molecule has 2 aromatic rings. The number of hydrogen-bond donors (Lipinski definition) is 1. The molecule has 0 aliphatic carbocycles. The van der Waals surface area contributed by atoms with Gasteiger partial charge in [-0.3, -0.25) is 4.98 Å². The summed E-state index contributed by atoms with van der Waals surface area (Å²) in [5.74, 6) is 0.823. The largest absolute Gasteiger partial charge is 0.386 e. The molecule has 108 valence electrons. The van der Waals surface area contributed by atoms with E-state index in [2.05, 4.69) is 52.0 Å². The van der Waals surface area contributed by atoms with Crippen LogP contribution in [0.1, 0.15) is 70.2 Å². The van der Waals surface area contributed by atoms with Crippen LogP contribution in [0.3, 0.4) is 0 Å². The van der Waals surface area contributed by atoms with E-state index in [9.17, 15) is 5.11 Å². The Morgan fingerprint density at radius 2 is 1.65 bits per heavy atom. The fourth-order valence-electron chi connectivity index (χ4n) is 2.42. The van der Waals surface area contributed by atoms with Gasteiger partial charge in [-0.25, -0.2) is 0 Å². The molecule has 1 aromatic heterocycles. The SMILES string of the molecule is CC(C)c1ccc2nc(C(C)C)cc(C(C)(C)O)c2c1. The molecule has 0 unspecified atom stereocenters. The molecule has 0 radical (unpaired) electrons. The van der Waals surface area contributed by atoms with E-state index in [1.807, 2.05) is 13.8 Å². The van der Waals surface area contributed by atoms with Crippen LogP contribution in [0.25, 0.3) is 10.9 Å². The van der Waals surface area contributed by atoms with Crippen LogP contribution in [0.5, 0.6) is 0 Å². The average Bonchev–Trinajstić information content (AvgIpc) is 2.35. The summed E-state index contributed by atoms with van der Waals surface area (Å²) in [6.07, 6.45) is 0. The standard InChI is InChI=1S/C18H25NO/c1-11(2)13-7-8-16-14(9-13)15(18(5,6)20)10-17(19-16)12(3)4/h7-12,20H,1-6H3. The lowest BCUT2D eigenvalue weighted by Crippen LogP contribution is -2.17. The molecule has 0 aliphatic heterocycles. The van der Waals surface area contributed by atoms with Crippen molar-refractivity contribution in [3.63, 3.8) is 0 Å². The normalized spacial score (nSPS) is 12.7. The highest BCUT2D eigenvalue weighted by molar-refractivity contribution is 5.84. The van der Waals surface area contributed by atoms with Crippen LogP contribution in [-0.2, 0) is 5.60 Å². The van der Waals surface area contributed by atoms with Crippen LogP contribution in [0.15, 0.2) is 24.3 Å². The fourth-order valence-corrected chi connectivity index (χ4v) is 2.42. The lowest BCUT2D eigenvalue weighted by molar-refractivity contribution is 0.0800. The Bertz CT molecular complexity index is 621. The molecule has 0 saturated carbocycles. The Kier molecular flexibility index (Phi) is 3.88. The van der Waals surface area contributed by atoms with E-state index >= 15 is 0 Å². The second-order valence-corrected chi connectivity index (χ2v) is 6.74. The topological polar surface area (TPSA) is 33.1 Å². The predicted octanol–water partition coefficient (Wildman–Crippen LogP) is 4.71. The highest BCUT2D eigenvalue weighted by Gasteiger charge is 2.21. The van der Waals surface area contributed by atoms with Crippen molar-refractivity contribution in [2.45, 2.75) is 59.0 Å². The van der Waals surface area contributed by atoms with Gasteiger partial charge in [0, 0.05) is 11.1 Å². The summed E-state index contributed by atoms with van der Waals surface area (Å²) in [5, 5.41) is 11.6. The number of nitrogens with zero attached hydrogens (tertiary/aromatic N) is 1. The van der Waals surface area contributed by atoms with E-state index < -0.39 is 5.60 Å². The third kappa shape index (κ3) is 2.85. The van der Waals surface area contributed by atoms with E-state index in [1.54, 1.807) is 0 Å². The molecule has 2 heteroatoms. The summed E-state index contributed by atoms with van der Waals surface area (Å²) >= 11 is 0. The molecule has 0 amide bonds. The first kappa shape index (κ1) is 15.0. The first-order chi connectivity index (χ1) is 9.20. The summed E-state index contributed by atoms with van der Waals surface area (Å²) in [6.45, 7) is 12.3. The molecule has 0 spiro atoms. The van der Waals surface area contributed by atoms with E-state index in [1.165, 1.54) is 5.56 Å². The van der Waals surface area contributed by atoms with Gasteiger partial charge in [0.25, 0.3) is 0 Å². The van der Waals surface area contributed by atoms with Crippen LogP contribution in [0.2, 0.25) is 0 Å². The number of pyridine rings is 1. The minimum absolute atomic E-state index is 0.352. The van der Waals surface area contributed by atoms with Crippen molar-refractivity contribution in [2.75, 3.05) is 0 Å². The maximum absolute atomic E-state index is 10.5. The summed E-state index contributed by atoms with van der Waals surface area (Å²) in [6, 6.07) is 8.44. The lowest BCUT2D eigenvalue weighted by atomic mass is 9.90. The second kappa shape index (κ2) is 5.17. The molecule has 1 aromatic carbocycles. The molecule has 1 N–H and O–H groups in total. The van der Waals surface area contributed by atoms with Gasteiger partial charge >= 0.3 is 0 Å².